The number of nitrogens with zero attached hydrogens (tertiary/aromatic N) is 2. The molecule has 344 valence electrons. The van der Waals surface area contributed by atoms with E-state index in [9.17, 15) is 9.59 Å². The Kier molecular flexibility index (Phi) is 21.9. The monoisotopic (exact) mass is 1010 g/mol. The van der Waals surface area contributed by atoms with Crippen LogP contribution >= 0.6 is 23.2 Å². The first-order valence-electron chi connectivity index (χ1n) is 22.5. The van der Waals surface area contributed by atoms with Crippen LogP contribution in [0.2, 0.25) is 10.0 Å². The highest BCUT2D eigenvalue weighted by molar-refractivity contribution is 6.30. The molecule has 0 radical (unpaired) electrons. The van der Waals surface area contributed by atoms with Crippen LogP contribution in [0.25, 0.3) is 0 Å². The Bertz CT molecular complexity index is 1910. The molecular weight excluding hydrogens is 946 g/mol. The smallest absolute Gasteiger partial charge is 0.315 e. The zero-order valence-corrected chi connectivity index (χ0v) is 41.7. The lowest BCUT2D eigenvalue weighted by molar-refractivity contribution is -0.948. The lowest BCUT2D eigenvalue weighted by Crippen LogP contribution is -3.00. The van der Waals surface area contributed by atoms with Crippen LogP contribution in [0.4, 0.5) is 0 Å². The summed E-state index contributed by atoms with van der Waals surface area (Å²) in [5.74, 6) is -0.577. The van der Waals surface area contributed by atoms with E-state index in [0.29, 0.717) is 29.3 Å². The molecule has 11 heteroatoms. The molecule has 0 bridgehead atoms. The Morgan fingerprint density at radius 2 is 1.10 bits per heavy atom. The van der Waals surface area contributed by atoms with Crippen LogP contribution < -0.4 is 24.0 Å². The van der Waals surface area contributed by atoms with E-state index in [4.69, 9.17) is 42.1 Å². The summed E-state index contributed by atoms with van der Waals surface area (Å²) in [4.78, 5) is 27.8. The third-order valence-electron chi connectivity index (χ3n) is 11.7. The van der Waals surface area contributed by atoms with Crippen molar-refractivity contribution >= 4 is 35.1 Å². The van der Waals surface area contributed by atoms with Crippen molar-refractivity contribution in [2.75, 3.05) is 59.2 Å². The fourth-order valence-corrected chi connectivity index (χ4v) is 8.30. The standard InChI is InChI=1S/C32H45ClNO5.C20H24ClNO.HI/c1-31(2,3)39-28(35)18-19-32(4,5)30(36)38-24-34(20-10-7-11-21-34)22-23-37-29(25-12-8-6-9-13-25)26-14-16-27(33)17-15-26;21-19-11-9-18(10-12-19)20(17-7-3-1-4-8-17)23-16-15-22-13-5-2-6-14-22;/h6,8-9,12-17,29H,7,10-11,18-24H2,1-5H3;1,3-4,7-12,20H,2,5-6,13-16H2;1H/q+1;;/p-1. The molecular formula is C52H69Cl2IN2O6. The van der Waals surface area contributed by atoms with Crippen LogP contribution in [0.5, 0.6) is 0 Å². The topological polar surface area (TPSA) is 74.3 Å². The van der Waals surface area contributed by atoms with Crippen LogP contribution in [0.15, 0.2) is 109 Å². The number of quaternary nitrogens is 1. The molecule has 2 unspecified atom stereocenters. The first-order chi connectivity index (χ1) is 29.7. The maximum Gasteiger partial charge on any atom is 0.315 e. The van der Waals surface area contributed by atoms with E-state index in [1.165, 1.54) is 44.3 Å². The molecule has 0 aromatic heterocycles. The van der Waals surface area contributed by atoms with Crippen molar-refractivity contribution in [3.8, 4) is 0 Å². The largest absolute Gasteiger partial charge is 1.00 e. The fraction of sp³-hybridized carbons (Fsp3) is 0.500. The van der Waals surface area contributed by atoms with E-state index in [1.54, 1.807) is 0 Å². The molecule has 0 saturated carbocycles. The van der Waals surface area contributed by atoms with Gasteiger partial charge in [0.15, 0.2) is 0 Å². The first kappa shape index (κ1) is 52.6. The highest BCUT2D eigenvalue weighted by Gasteiger charge is 2.36. The number of carbonyl (C=O) groups excluding carboxylic acids is 2. The van der Waals surface area contributed by atoms with Gasteiger partial charge in [-0.05, 0) is 133 Å². The Hall–Kier alpha value is -3.03. The summed E-state index contributed by atoms with van der Waals surface area (Å²) < 4.78 is 24.8. The van der Waals surface area contributed by atoms with Crippen LogP contribution in [-0.2, 0) is 28.5 Å². The van der Waals surface area contributed by atoms with Crippen molar-refractivity contribution in [2.24, 2.45) is 5.41 Å². The van der Waals surface area contributed by atoms with E-state index in [0.717, 1.165) is 67.3 Å². The summed E-state index contributed by atoms with van der Waals surface area (Å²) in [5.41, 5.74) is 3.16. The quantitative estimate of drug-likeness (QED) is 0.0560. The van der Waals surface area contributed by atoms with Crippen molar-refractivity contribution in [3.63, 3.8) is 0 Å². The Balaban J connectivity index is 0.000000308. The normalized spacial score (nSPS) is 16.4. The third kappa shape index (κ3) is 18.1. The molecule has 4 aromatic rings. The summed E-state index contributed by atoms with van der Waals surface area (Å²) >= 11 is 12.2. The maximum absolute atomic E-state index is 13.1. The number of halogens is 3. The molecule has 0 N–H and O–H groups in total. The summed E-state index contributed by atoms with van der Waals surface area (Å²) in [5, 5.41) is 1.45. The van der Waals surface area contributed by atoms with Gasteiger partial charge in [-0.2, -0.15) is 0 Å². The summed E-state index contributed by atoms with van der Waals surface area (Å²) in [7, 11) is 0. The number of carbonyl (C=O) groups is 2. The van der Waals surface area contributed by atoms with Gasteiger partial charge in [0.05, 0.1) is 31.7 Å². The van der Waals surface area contributed by atoms with Crippen molar-refractivity contribution in [1.29, 1.82) is 0 Å². The third-order valence-corrected chi connectivity index (χ3v) is 12.2. The number of rotatable bonds is 18. The molecule has 4 aromatic carbocycles. The van der Waals surface area contributed by atoms with E-state index in [1.807, 2.05) is 95.3 Å². The minimum absolute atomic E-state index is 0. The van der Waals surface area contributed by atoms with Crippen LogP contribution in [0, 0.1) is 5.41 Å². The number of likely N-dealkylation sites (tertiary alicyclic amines) is 2. The van der Waals surface area contributed by atoms with E-state index in [2.05, 4.69) is 53.4 Å². The van der Waals surface area contributed by atoms with Crippen molar-refractivity contribution in [3.05, 3.63) is 141 Å². The van der Waals surface area contributed by atoms with Crippen molar-refractivity contribution in [1.82, 2.24) is 4.90 Å². The number of hydrogen-bond acceptors (Lipinski definition) is 7. The molecule has 2 fully saturated rings. The molecule has 63 heavy (non-hydrogen) atoms. The molecule has 2 saturated heterocycles. The van der Waals surface area contributed by atoms with Gasteiger partial charge in [-0.1, -0.05) is 115 Å². The minimum atomic E-state index is -0.778. The predicted octanol–water partition coefficient (Wildman–Crippen LogP) is 9.03. The average Bonchev–Trinajstić information content (AvgIpc) is 3.27. The SMILES string of the molecule is CC(C)(C)OC(=O)CCC(C)(C)C(=O)OC[N+]1(CCOC(c2ccccc2)c2ccc(Cl)cc2)CCCCC1.Clc1ccc(C(OCCN2CCCCC2)c2ccccc2)cc1.[I-]. The molecule has 2 aliphatic heterocycles. The number of benzene rings is 4. The van der Waals surface area contributed by atoms with Gasteiger partial charge >= 0.3 is 11.9 Å². The van der Waals surface area contributed by atoms with E-state index >= 15 is 0 Å². The lowest BCUT2D eigenvalue weighted by Gasteiger charge is -2.41. The molecule has 2 atom stereocenters. The first-order valence-corrected chi connectivity index (χ1v) is 23.3. The van der Waals surface area contributed by atoms with Gasteiger partial charge in [0.25, 0.3) is 0 Å². The van der Waals surface area contributed by atoms with Crippen LogP contribution in [0.1, 0.15) is 120 Å². The Morgan fingerprint density at radius 3 is 1.59 bits per heavy atom. The maximum atomic E-state index is 13.1. The van der Waals surface area contributed by atoms with Gasteiger partial charge in [-0.3, -0.25) is 14.1 Å². The average molecular weight is 1020 g/mol. The zero-order valence-electron chi connectivity index (χ0n) is 38.0. The molecule has 2 heterocycles. The van der Waals surface area contributed by atoms with Gasteiger partial charge < -0.3 is 47.8 Å². The minimum Gasteiger partial charge on any atom is -1.00 e. The van der Waals surface area contributed by atoms with Crippen LogP contribution in [-0.4, -0.2) is 86.1 Å². The molecule has 0 spiro atoms. The van der Waals surface area contributed by atoms with Crippen LogP contribution in [0.3, 0.4) is 0 Å². The van der Waals surface area contributed by atoms with Gasteiger partial charge in [-0.15, -0.1) is 0 Å². The van der Waals surface area contributed by atoms with Gasteiger partial charge in [0.1, 0.15) is 24.4 Å². The fourth-order valence-electron chi connectivity index (χ4n) is 8.05. The zero-order chi connectivity index (χ0) is 44.4. The number of hydrogen-bond donors (Lipinski definition) is 0. The number of esters is 2. The van der Waals surface area contributed by atoms with Gasteiger partial charge in [-0.25, -0.2) is 0 Å². The van der Waals surface area contributed by atoms with Gasteiger partial charge in [0.2, 0.25) is 6.73 Å². The second-order valence-electron chi connectivity index (χ2n) is 18.4. The van der Waals surface area contributed by atoms with Crippen molar-refractivity contribution in [2.45, 2.75) is 104 Å². The summed E-state index contributed by atoms with van der Waals surface area (Å²) in [6.45, 7) is 16.9. The highest BCUT2D eigenvalue weighted by Crippen LogP contribution is 2.31. The second kappa shape index (κ2) is 26.2. The lowest BCUT2D eigenvalue weighted by atomic mass is 9.88. The van der Waals surface area contributed by atoms with Crippen molar-refractivity contribution < 1.29 is 57.0 Å². The highest BCUT2D eigenvalue weighted by atomic mass is 127. The predicted molar refractivity (Wildman–Crippen MR) is 250 cm³/mol. The molecule has 6 rings (SSSR count). The Labute approximate surface area is 404 Å². The van der Waals surface area contributed by atoms with E-state index < -0.39 is 11.0 Å². The molecule has 8 nitrogen and oxygen atoms in total. The second-order valence-corrected chi connectivity index (χ2v) is 19.3. The van der Waals surface area contributed by atoms with E-state index in [-0.39, 0.29) is 54.5 Å². The summed E-state index contributed by atoms with van der Waals surface area (Å²) in [6.07, 6.45) is 7.71. The molecule has 0 amide bonds. The number of ether oxygens (including phenoxy) is 4. The molecule has 2 aliphatic rings. The van der Waals surface area contributed by atoms with Gasteiger partial charge in [0, 0.05) is 23.0 Å². The summed E-state index contributed by atoms with van der Waals surface area (Å²) in [6, 6.07) is 36.4. The molecule has 0 aliphatic carbocycles. The number of piperidine rings is 2. The Morgan fingerprint density at radius 1 is 0.635 bits per heavy atom.